The predicted molar refractivity (Wildman–Crippen MR) is 245 cm³/mol. The third-order valence-corrected chi connectivity index (χ3v) is 12.1. The first kappa shape index (κ1) is 57.2. The molecule has 0 aromatic carbocycles. The Labute approximate surface area is 380 Å². The highest BCUT2D eigenvalue weighted by molar-refractivity contribution is 5.70. The largest absolute Gasteiger partial charge is 0.457 e. The quantitative estimate of drug-likeness (QED) is 0.0229. The molecule has 0 unspecified atom stereocenters. The van der Waals surface area contributed by atoms with Crippen LogP contribution in [0.2, 0.25) is 0 Å². The lowest BCUT2D eigenvalue weighted by Crippen LogP contribution is -2.54. The van der Waals surface area contributed by atoms with E-state index in [-0.39, 0.29) is 19.2 Å². The van der Waals surface area contributed by atoms with E-state index < -0.39 is 67.7 Å². The normalized spacial score (nSPS) is 23.7. The van der Waals surface area contributed by atoms with Gasteiger partial charge in [-0.1, -0.05) is 141 Å². The number of esters is 2. The maximum Gasteiger partial charge on any atom is 0.306 e. The second-order valence-electron chi connectivity index (χ2n) is 17.7. The zero-order chi connectivity index (χ0) is 45.8. The molecule has 13 heteroatoms. The Kier molecular flexibility index (Phi) is 33.8. The third-order valence-electron chi connectivity index (χ3n) is 12.1. The van der Waals surface area contributed by atoms with E-state index in [0.717, 1.165) is 57.8 Å². The Morgan fingerprint density at radius 1 is 0.587 bits per heavy atom. The van der Waals surface area contributed by atoms with Crippen LogP contribution in [-0.4, -0.2) is 126 Å². The van der Waals surface area contributed by atoms with Crippen LogP contribution in [0.1, 0.15) is 194 Å². The van der Waals surface area contributed by atoms with Crippen molar-refractivity contribution in [3.8, 4) is 0 Å². The lowest BCUT2D eigenvalue weighted by molar-refractivity contribution is -0.257. The molecule has 3 heterocycles. The number of rotatable bonds is 36. The minimum absolute atomic E-state index is 0.0183. The van der Waals surface area contributed by atoms with Gasteiger partial charge in [0.05, 0.1) is 33.0 Å². The van der Waals surface area contributed by atoms with Crippen molar-refractivity contribution < 1.29 is 63.5 Å². The van der Waals surface area contributed by atoms with E-state index in [2.05, 4.69) is 38.2 Å². The molecule has 0 spiro atoms. The Morgan fingerprint density at radius 3 is 1.44 bits per heavy atom. The molecule has 368 valence electrons. The maximum atomic E-state index is 12.3. The van der Waals surface area contributed by atoms with Crippen molar-refractivity contribution in [1.82, 2.24) is 0 Å². The van der Waals surface area contributed by atoms with Crippen LogP contribution in [0.4, 0.5) is 0 Å². The van der Waals surface area contributed by atoms with E-state index in [9.17, 15) is 35.1 Å². The summed E-state index contributed by atoms with van der Waals surface area (Å²) in [4.78, 5) is 24.2. The van der Waals surface area contributed by atoms with Gasteiger partial charge in [0.1, 0.15) is 31.0 Å². The average molecular weight is 899 g/mol. The van der Waals surface area contributed by atoms with Gasteiger partial charge in [0.25, 0.3) is 0 Å². The van der Waals surface area contributed by atoms with Crippen LogP contribution in [0.15, 0.2) is 24.3 Å². The summed E-state index contributed by atoms with van der Waals surface area (Å²) in [5.41, 5.74) is 0. The van der Waals surface area contributed by atoms with Crippen molar-refractivity contribution in [2.45, 2.75) is 242 Å². The van der Waals surface area contributed by atoms with Gasteiger partial charge in [0.15, 0.2) is 18.3 Å². The van der Waals surface area contributed by atoms with Crippen molar-refractivity contribution >= 4 is 11.9 Å². The minimum atomic E-state index is -1.37. The topological polar surface area (TPSA) is 191 Å². The van der Waals surface area contributed by atoms with E-state index in [4.69, 9.17) is 28.4 Å². The first-order valence-corrected chi connectivity index (χ1v) is 25.2. The van der Waals surface area contributed by atoms with Gasteiger partial charge in [-0.25, -0.2) is 0 Å². The van der Waals surface area contributed by atoms with E-state index in [0.29, 0.717) is 26.1 Å². The van der Waals surface area contributed by atoms with Crippen LogP contribution < -0.4 is 0 Å². The molecule has 13 nitrogen and oxygen atoms in total. The standard InChI is InChI=1S/C26H46O7.C24H44O6/c1-2-3-4-5-6-7-8-9-10-11-12-13-14-15-16-17-23(29)33-24-22(28)20-30-25(24)26(21-27)31-18-19-32-26;1-2-3-4-5-6-7-8-9-10-11-12-13-14-15-16-17-22(27)30-21(18-25)24-23(28)20(26)19-29-24/h9-10,22,24-25,27-28H,2-8,11-21H2,1H3;9-10,20-21,23-26,28H,2-8,11-19H2,1H3/b2*10-9-/t22-,24+,25-;20-,21+,23+,24+/m00/s1. The number of aliphatic hydroxyl groups excluding tert-OH is 5. The SMILES string of the molecule is CCCCCCCC/C=C\CCCCCCCC(=O)O[C@@H]1[C@@H](O)CO[C@@H]1C1(CO)OCCO1.CCCCCCCC/C=C\CCCCCCCC(=O)O[C@H](CO)[C@H]1OC[C@H](O)[C@H]1O. The van der Waals surface area contributed by atoms with Crippen LogP contribution >= 0.6 is 0 Å². The zero-order valence-corrected chi connectivity index (χ0v) is 39.4. The van der Waals surface area contributed by atoms with Crippen molar-refractivity contribution in [2.24, 2.45) is 0 Å². The number of carbonyl (C=O) groups excluding carboxylic acids is 2. The van der Waals surface area contributed by atoms with Crippen LogP contribution in [0.25, 0.3) is 0 Å². The van der Waals surface area contributed by atoms with Gasteiger partial charge in [0.2, 0.25) is 5.79 Å². The minimum Gasteiger partial charge on any atom is -0.457 e. The smallest absolute Gasteiger partial charge is 0.306 e. The molecule has 7 atom stereocenters. The summed E-state index contributed by atoms with van der Waals surface area (Å²) >= 11 is 0. The first-order valence-electron chi connectivity index (χ1n) is 25.2. The Hall–Kier alpha value is -1.94. The molecule has 3 rings (SSSR count). The summed E-state index contributed by atoms with van der Waals surface area (Å²) in [6, 6.07) is 0. The number of ether oxygens (including phenoxy) is 6. The highest BCUT2D eigenvalue weighted by Crippen LogP contribution is 2.34. The Morgan fingerprint density at radius 2 is 1.02 bits per heavy atom. The van der Waals surface area contributed by atoms with Crippen LogP contribution in [-0.2, 0) is 38.0 Å². The summed E-state index contributed by atoms with van der Waals surface area (Å²) in [6.07, 6.45) is 34.4. The van der Waals surface area contributed by atoms with Crippen LogP contribution in [0.3, 0.4) is 0 Å². The second-order valence-corrected chi connectivity index (χ2v) is 17.7. The average Bonchev–Trinajstić information content (AvgIpc) is 4.01. The Bertz CT molecular complexity index is 1170. The van der Waals surface area contributed by atoms with Crippen LogP contribution in [0.5, 0.6) is 0 Å². The summed E-state index contributed by atoms with van der Waals surface area (Å²) in [7, 11) is 0. The highest BCUT2D eigenvalue weighted by atomic mass is 16.8. The van der Waals surface area contributed by atoms with Crippen molar-refractivity contribution in [3.63, 3.8) is 0 Å². The van der Waals surface area contributed by atoms with E-state index in [1.54, 1.807) is 0 Å². The number of hydrogen-bond acceptors (Lipinski definition) is 13. The molecule has 63 heavy (non-hydrogen) atoms. The molecule has 0 amide bonds. The fraction of sp³-hybridized carbons (Fsp3) is 0.880. The van der Waals surface area contributed by atoms with Gasteiger partial charge in [-0.2, -0.15) is 0 Å². The highest BCUT2D eigenvalue weighted by Gasteiger charge is 2.55. The van der Waals surface area contributed by atoms with Crippen molar-refractivity contribution in [2.75, 3.05) is 39.6 Å². The van der Waals surface area contributed by atoms with Gasteiger partial charge >= 0.3 is 11.9 Å². The number of aliphatic hydroxyl groups is 5. The van der Waals surface area contributed by atoms with E-state index in [1.807, 2.05) is 0 Å². The van der Waals surface area contributed by atoms with Gasteiger partial charge in [-0.05, 0) is 64.2 Å². The number of unbranched alkanes of at least 4 members (excludes halogenated alkanes) is 22. The molecule has 3 fully saturated rings. The molecule has 0 aromatic rings. The maximum absolute atomic E-state index is 12.3. The Balaban J connectivity index is 0.000000436. The van der Waals surface area contributed by atoms with Crippen molar-refractivity contribution in [3.05, 3.63) is 24.3 Å². The molecule has 0 saturated carbocycles. The summed E-state index contributed by atoms with van der Waals surface area (Å²) in [5.74, 6) is -2.13. The van der Waals surface area contributed by atoms with Crippen LogP contribution in [0, 0.1) is 0 Å². The molecule has 3 aliphatic rings. The molecular formula is C50H90O13. The summed E-state index contributed by atoms with van der Waals surface area (Å²) < 4.78 is 32.5. The number of allylic oxidation sites excluding steroid dienone is 4. The van der Waals surface area contributed by atoms with Gasteiger partial charge in [-0.15, -0.1) is 0 Å². The van der Waals surface area contributed by atoms with Crippen molar-refractivity contribution in [1.29, 1.82) is 0 Å². The third kappa shape index (κ3) is 25.0. The van der Waals surface area contributed by atoms with E-state index in [1.165, 1.54) is 109 Å². The molecule has 5 N–H and O–H groups in total. The summed E-state index contributed by atoms with van der Waals surface area (Å²) in [6.45, 7) is 4.29. The second kappa shape index (κ2) is 37.2. The lowest BCUT2D eigenvalue weighted by Gasteiger charge is -2.33. The van der Waals surface area contributed by atoms with E-state index >= 15 is 0 Å². The van der Waals surface area contributed by atoms with Gasteiger partial charge in [-0.3, -0.25) is 9.59 Å². The predicted octanol–water partition coefficient (Wildman–Crippen LogP) is 8.48. The molecule has 0 radical (unpaired) electrons. The number of hydrogen-bond donors (Lipinski definition) is 5. The first-order chi connectivity index (χ1) is 30.7. The fourth-order valence-electron chi connectivity index (χ4n) is 8.21. The fourth-order valence-corrected chi connectivity index (χ4v) is 8.21. The van der Waals surface area contributed by atoms with Gasteiger partial charge < -0.3 is 54.0 Å². The molecule has 0 aliphatic carbocycles. The molecule has 0 bridgehead atoms. The number of carbonyl (C=O) groups is 2. The molecule has 0 aromatic heterocycles. The molecule has 3 aliphatic heterocycles. The monoisotopic (exact) mass is 899 g/mol. The molecular weight excluding hydrogens is 809 g/mol. The summed E-state index contributed by atoms with van der Waals surface area (Å²) in [5, 5.41) is 48.6. The zero-order valence-electron chi connectivity index (χ0n) is 39.4. The molecule has 3 saturated heterocycles. The van der Waals surface area contributed by atoms with Gasteiger partial charge in [0, 0.05) is 12.8 Å². The lowest BCUT2D eigenvalue weighted by atomic mass is 10.0.